The molecular weight excluding hydrogens is 546 g/mol. The Morgan fingerprint density at radius 1 is 0.930 bits per heavy atom. The number of ether oxygens (including phenoxy) is 3. The van der Waals surface area contributed by atoms with E-state index < -0.39 is 18.3 Å². The van der Waals surface area contributed by atoms with Crippen molar-refractivity contribution in [2.75, 3.05) is 36.2 Å². The number of nitrogen functional groups attached to an aromatic ring is 1. The normalized spacial score (nSPS) is 12.5. The van der Waals surface area contributed by atoms with E-state index in [0.29, 0.717) is 47.8 Å². The molecule has 0 aliphatic rings. The number of nitrogens with one attached hydrogen (secondary N) is 2. The Balaban J connectivity index is 1.51. The number of allylic oxidation sites excluding steroid dienone is 1. The van der Waals surface area contributed by atoms with E-state index in [2.05, 4.69) is 10.6 Å². The van der Waals surface area contributed by atoms with Crippen molar-refractivity contribution in [1.29, 1.82) is 0 Å². The second-order valence-electron chi connectivity index (χ2n) is 9.67. The Bertz CT molecular complexity index is 1530. The fraction of sp³-hybridized carbons (Fsp3) is 0.235. The van der Waals surface area contributed by atoms with Gasteiger partial charge >= 0.3 is 6.09 Å². The van der Waals surface area contributed by atoms with Crippen LogP contribution in [0.25, 0.3) is 10.8 Å². The van der Waals surface area contributed by atoms with Gasteiger partial charge in [0.2, 0.25) is 5.91 Å². The highest BCUT2D eigenvalue weighted by Crippen LogP contribution is 2.31. The van der Waals surface area contributed by atoms with Crippen molar-refractivity contribution >= 4 is 39.8 Å². The van der Waals surface area contributed by atoms with Crippen LogP contribution in [0.5, 0.6) is 5.75 Å². The molecule has 0 heterocycles. The maximum absolute atomic E-state index is 13.3. The van der Waals surface area contributed by atoms with Gasteiger partial charge in [0.25, 0.3) is 0 Å². The summed E-state index contributed by atoms with van der Waals surface area (Å²) in [5.74, 6) is 0.225. The zero-order chi connectivity index (χ0) is 30.4. The number of aliphatic hydroxyl groups excluding tert-OH is 1. The van der Waals surface area contributed by atoms with E-state index in [1.807, 2.05) is 55.5 Å². The van der Waals surface area contributed by atoms with Crippen LogP contribution in [0.3, 0.4) is 0 Å². The van der Waals surface area contributed by atoms with Gasteiger partial charge < -0.3 is 30.4 Å². The number of benzene rings is 4. The van der Waals surface area contributed by atoms with Crippen molar-refractivity contribution < 1.29 is 28.9 Å². The van der Waals surface area contributed by atoms with Gasteiger partial charge in [0.1, 0.15) is 12.4 Å². The Hall–Kier alpha value is -4.86. The zero-order valence-electron chi connectivity index (χ0n) is 24.1. The molecule has 4 rings (SSSR count). The van der Waals surface area contributed by atoms with Crippen LogP contribution in [-0.4, -0.2) is 43.0 Å². The lowest BCUT2D eigenvalue weighted by Gasteiger charge is -2.27. The predicted octanol–water partition coefficient (Wildman–Crippen LogP) is 6.46. The molecule has 9 nitrogen and oxygen atoms in total. The lowest BCUT2D eigenvalue weighted by Crippen LogP contribution is -2.29. The fourth-order valence-corrected chi connectivity index (χ4v) is 4.66. The third-order valence-electron chi connectivity index (χ3n) is 6.63. The number of fused-ring (bicyclic) bond motifs is 1. The van der Waals surface area contributed by atoms with Crippen molar-refractivity contribution in [3.8, 4) is 5.75 Å². The first-order valence-corrected chi connectivity index (χ1v) is 14.2. The Labute approximate surface area is 251 Å². The summed E-state index contributed by atoms with van der Waals surface area (Å²) >= 11 is 0. The van der Waals surface area contributed by atoms with Crippen LogP contribution in [0, 0.1) is 0 Å². The summed E-state index contributed by atoms with van der Waals surface area (Å²) in [4.78, 5) is 25.7. The van der Waals surface area contributed by atoms with Crippen LogP contribution in [0.4, 0.5) is 21.9 Å². The van der Waals surface area contributed by atoms with E-state index >= 15 is 0 Å². The first-order valence-electron chi connectivity index (χ1n) is 14.2. The monoisotopic (exact) mass is 583 g/mol. The third kappa shape index (κ3) is 9.06. The summed E-state index contributed by atoms with van der Waals surface area (Å²) < 4.78 is 17.7. The Morgan fingerprint density at radius 2 is 1.67 bits per heavy atom. The van der Waals surface area contributed by atoms with E-state index in [1.165, 1.54) is 6.08 Å². The van der Waals surface area contributed by atoms with Gasteiger partial charge in [-0.15, -0.1) is 0 Å². The summed E-state index contributed by atoms with van der Waals surface area (Å²) in [6, 6.07) is 27.6. The fourth-order valence-electron chi connectivity index (χ4n) is 4.66. The zero-order valence-corrected chi connectivity index (χ0v) is 24.1. The highest BCUT2D eigenvalue weighted by atomic mass is 16.6. The standard InChI is InChI=1S/C34H37N3O6/c1-2-41-31(19-7-8-20-32(39)36-30-17-6-5-16-28(30)35)33(25-13-9-14-26(23-25)42-22-21-38)43-34(40)37-29-18-10-12-24-11-3-4-15-27(24)29/h3-6,8-18,20,23,31,33,38H,2,7,19,21-22,35H2,1H3,(H,36,39)(H,37,40)/b20-8+/t31-,33-/m0/s1. The molecule has 224 valence electrons. The van der Waals surface area contributed by atoms with Crippen LogP contribution in [0.15, 0.2) is 103 Å². The number of aliphatic hydroxyl groups is 1. The average molecular weight is 584 g/mol. The highest BCUT2D eigenvalue weighted by Gasteiger charge is 2.28. The van der Waals surface area contributed by atoms with Gasteiger partial charge in [-0.05, 0) is 67.1 Å². The number of rotatable bonds is 14. The molecular formula is C34H37N3O6. The number of hydrogen-bond acceptors (Lipinski definition) is 7. The largest absolute Gasteiger partial charge is 0.491 e. The minimum atomic E-state index is -0.793. The molecule has 43 heavy (non-hydrogen) atoms. The van der Waals surface area contributed by atoms with Crippen LogP contribution < -0.4 is 21.1 Å². The molecule has 0 saturated carbocycles. The van der Waals surface area contributed by atoms with E-state index in [0.717, 1.165) is 10.8 Å². The number of carbonyl (C=O) groups excluding carboxylic acids is 2. The van der Waals surface area contributed by atoms with Gasteiger partial charge in [0.15, 0.2) is 6.10 Å². The second kappa shape index (κ2) is 16.0. The number of hydrogen-bond donors (Lipinski definition) is 4. The molecule has 0 unspecified atom stereocenters. The smallest absolute Gasteiger partial charge is 0.412 e. The van der Waals surface area contributed by atoms with Crippen molar-refractivity contribution in [3.05, 3.63) is 109 Å². The van der Waals surface area contributed by atoms with Crippen molar-refractivity contribution in [1.82, 2.24) is 0 Å². The molecule has 0 bridgehead atoms. The van der Waals surface area contributed by atoms with Crippen molar-refractivity contribution in [2.45, 2.75) is 32.0 Å². The molecule has 2 atom stereocenters. The number of para-hydroxylation sites is 2. The average Bonchev–Trinajstić information content (AvgIpc) is 3.02. The quantitative estimate of drug-likeness (QED) is 0.0989. The SMILES string of the molecule is CCO[C@@H](CC/C=C/C(=O)Nc1ccccc1N)[C@@H](OC(=O)Nc1cccc2ccccc12)c1cccc(OCCO)c1. The summed E-state index contributed by atoms with van der Waals surface area (Å²) in [5.41, 5.74) is 8.23. The van der Waals surface area contributed by atoms with E-state index in [-0.39, 0.29) is 19.1 Å². The third-order valence-corrected chi connectivity index (χ3v) is 6.63. The molecule has 0 aliphatic heterocycles. The van der Waals surface area contributed by atoms with Crippen molar-refractivity contribution in [2.24, 2.45) is 0 Å². The summed E-state index contributed by atoms with van der Waals surface area (Å²) in [7, 11) is 0. The van der Waals surface area contributed by atoms with E-state index in [1.54, 1.807) is 48.5 Å². The minimum Gasteiger partial charge on any atom is -0.491 e. The molecule has 9 heteroatoms. The first kappa shape index (κ1) is 31.1. The van der Waals surface area contributed by atoms with Crippen LogP contribution in [-0.2, 0) is 14.3 Å². The Kier molecular flexibility index (Phi) is 11.5. The van der Waals surface area contributed by atoms with Crippen LogP contribution in [0.2, 0.25) is 0 Å². The number of amides is 2. The minimum absolute atomic E-state index is 0.129. The number of anilines is 3. The second-order valence-corrected chi connectivity index (χ2v) is 9.67. The number of nitrogens with two attached hydrogens (primary N) is 1. The maximum Gasteiger partial charge on any atom is 0.412 e. The molecule has 0 aliphatic carbocycles. The molecule has 4 aromatic rings. The topological polar surface area (TPSA) is 132 Å². The number of carbonyl (C=O) groups is 2. The summed E-state index contributed by atoms with van der Waals surface area (Å²) in [6.45, 7) is 2.26. The van der Waals surface area contributed by atoms with Crippen LogP contribution in [0.1, 0.15) is 31.4 Å². The van der Waals surface area contributed by atoms with Crippen molar-refractivity contribution in [3.63, 3.8) is 0 Å². The predicted molar refractivity (Wildman–Crippen MR) is 169 cm³/mol. The molecule has 0 radical (unpaired) electrons. The Morgan fingerprint density at radius 3 is 2.49 bits per heavy atom. The van der Waals surface area contributed by atoms with Crippen LogP contribution >= 0.6 is 0 Å². The summed E-state index contributed by atoms with van der Waals surface area (Å²) in [5, 5.41) is 16.7. The van der Waals surface area contributed by atoms with Gasteiger partial charge in [0.05, 0.1) is 29.8 Å². The molecule has 5 N–H and O–H groups in total. The van der Waals surface area contributed by atoms with Gasteiger partial charge in [-0.1, -0.05) is 66.7 Å². The first-order chi connectivity index (χ1) is 21.0. The molecule has 2 amide bonds. The van der Waals surface area contributed by atoms with Gasteiger partial charge in [-0.3, -0.25) is 10.1 Å². The molecule has 0 saturated heterocycles. The highest BCUT2D eigenvalue weighted by molar-refractivity contribution is 6.01. The lowest BCUT2D eigenvalue weighted by molar-refractivity contribution is -0.111. The molecule has 0 aromatic heterocycles. The van der Waals surface area contributed by atoms with Gasteiger partial charge in [-0.2, -0.15) is 0 Å². The van der Waals surface area contributed by atoms with Gasteiger partial charge in [-0.25, -0.2) is 4.79 Å². The van der Waals surface area contributed by atoms with E-state index in [4.69, 9.17) is 19.9 Å². The molecule has 0 fully saturated rings. The maximum atomic E-state index is 13.3. The van der Waals surface area contributed by atoms with E-state index in [9.17, 15) is 14.7 Å². The lowest BCUT2D eigenvalue weighted by atomic mass is 10.00. The molecule has 4 aromatic carbocycles. The summed E-state index contributed by atoms with van der Waals surface area (Å²) in [6.07, 6.45) is 2.17. The van der Waals surface area contributed by atoms with Gasteiger partial charge in [0, 0.05) is 12.0 Å². The molecule has 0 spiro atoms.